The third kappa shape index (κ3) is 4.37. The number of rotatable bonds is 7. The Labute approximate surface area is 212 Å². The van der Waals surface area contributed by atoms with Gasteiger partial charge in [-0.1, -0.05) is 35.9 Å². The second-order valence-electron chi connectivity index (χ2n) is 8.30. The van der Waals surface area contributed by atoms with Crippen molar-refractivity contribution in [3.05, 3.63) is 92.6 Å². The number of hydrogen-bond acceptors (Lipinski definition) is 7. The van der Waals surface area contributed by atoms with E-state index in [0.29, 0.717) is 33.0 Å². The third-order valence-electron chi connectivity index (χ3n) is 6.11. The lowest BCUT2D eigenvalue weighted by atomic mass is 10.1. The minimum atomic E-state index is -0.516. The monoisotopic (exact) mass is 500 g/mol. The molecule has 0 saturated heterocycles. The van der Waals surface area contributed by atoms with Crippen molar-refractivity contribution in [1.29, 1.82) is 5.26 Å². The van der Waals surface area contributed by atoms with Gasteiger partial charge >= 0.3 is 5.69 Å². The van der Waals surface area contributed by atoms with Crippen LogP contribution in [0.3, 0.4) is 0 Å². The SMILES string of the molecule is CCOc1cc2ncc(C#N)c(Nc3ccc(O[C@H]4CCc5ccccc54)c(Cl)c3)c2cc1[N+](=O)[O-]. The van der Waals surface area contributed by atoms with Crippen molar-refractivity contribution in [2.75, 3.05) is 11.9 Å². The Balaban J connectivity index is 1.48. The van der Waals surface area contributed by atoms with Crippen LogP contribution < -0.4 is 14.8 Å². The second-order valence-corrected chi connectivity index (χ2v) is 8.71. The summed E-state index contributed by atoms with van der Waals surface area (Å²) < 4.78 is 11.6. The maximum absolute atomic E-state index is 11.7. The zero-order valence-electron chi connectivity index (χ0n) is 19.3. The average Bonchev–Trinajstić information content (AvgIpc) is 3.28. The number of aryl methyl sites for hydroxylation is 1. The molecule has 1 atom stereocenters. The van der Waals surface area contributed by atoms with Gasteiger partial charge in [-0.15, -0.1) is 0 Å². The van der Waals surface area contributed by atoms with E-state index >= 15 is 0 Å². The van der Waals surface area contributed by atoms with Crippen LogP contribution in [0.1, 0.15) is 36.1 Å². The molecule has 1 aliphatic carbocycles. The lowest BCUT2D eigenvalue weighted by Crippen LogP contribution is -2.04. The summed E-state index contributed by atoms with van der Waals surface area (Å²) in [6.07, 6.45) is 3.20. The highest BCUT2D eigenvalue weighted by Gasteiger charge is 2.24. The molecule has 36 heavy (non-hydrogen) atoms. The van der Waals surface area contributed by atoms with E-state index in [4.69, 9.17) is 21.1 Å². The van der Waals surface area contributed by atoms with Gasteiger partial charge in [-0.25, -0.2) is 0 Å². The molecule has 1 heterocycles. The molecule has 3 aromatic carbocycles. The first kappa shape index (κ1) is 23.4. The van der Waals surface area contributed by atoms with Gasteiger partial charge in [0, 0.05) is 29.4 Å². The fourth-order valence-corrected chi connectivity index (χ4v) is 4.68. The normalized spacial score (nSPS) is 14.2. The molecule has 1 aromatic heterocycles. The van der Waals surface area contributed by atoms with E-state index in [1.807, 2.05) is 12.1 Å². The summed E-state index contributed by atoms with van der Waals surface area (Å²) in [5.74, 6) is 0.678. The number of nitro benzene ring substituents is 1. The Hall–Kier alpha value is -4.35. The summed E-state index contributed by atoms with van der Waals surface area (Å²) in [6, 6.07) is 18.5. The van der Waals surface area contributed by atoms with Gasteiger partial charge in [-0.05, 0) is 49.1 Å². The highest BCUT2D eigenvalue weighted by atomic mass is 35.5. The minimum absolute atomic E-state index is 0.0630. The molecule has 1 aliphatic rings. The van der Waals surface area contributed by atoms with E-state index in [1.54, 1.807) is 25.1 Å². The zero-order chi connectivity index (χ0) is 25.2. The van der Waals surface area contributed by atoms with Crippen molar-refractivity contribution >= 4 is 39.6 Å². The topological polar surface area (TPSA) is 110 Å². The third-order valence-corrected chi connectivity index (χ3v) is 6.41. The summed E-state index contributed by atoms with van der Waals surface area (Å²) in [6.45, 7) is 2.02. The summed E-state index contributed by atoms with van der Waals surface area (Å²) in [7, 11) is 0. The van der Waals surface area contributed by atoms with E-state index in [0.717, 1.165) is 12.8 Å². The summed E-state index contributed by atoms with van der Waals surface area (Å²) in [5, 5.41) is 25.4. The fraction of sp³-hybridized carbons (Fsp3) is 0.185. The number of ether oxygens (including phenoxy) is 2. The fourth-order valence-electron chi connectivity index (χ4n) is 4.45. The van der Waals surface area contributed by atoms with Crippen LogP contribution in [-0.2, 0) is 6.42 Å². The van der Waals surface area contributed by atoms with Crippen LogP contribution in [0.25, 0.3) is 10.9 Å². The first-order valence-electron chi connectivity index (χ1n) is 11.4. The number of fused-ring (bicyclic) bond motifs is 2. The van der Waals surface area contributed by atoms with Crippen molar-refractivity contribution in [1.82, 2.24) is 4.98 Å². The molecular weight excluding hydrogens is 480 g/mol. The van der Waals surface area contributed by atoms with Gasteiger partial charge in [0.1, 0.15) is 17.9 Å². The molecular formula is C27H21ClN4O4. The smallest absolute Gasteiger partial charge is 0.311 e. The molecule has 8 nitrogen and oxygen atoms in total. The first-order valence-corrected chi connectivity index (χ1v) is 11.8. The van der Waals surface area contributed by atoms with Gasteiger partial charge in [0.05, 0.1) is 33.3 Å². The summed E-state index contributed by atoms with van der Waals surface area (Å²) >= 11 is 6.57. The van der Waals surface area contributed by atoms with Gasteiger partial charge < -0.3 is 14.8 Å². The van der Waals surface area contributed by atoms with E-state index < -0.39 is 4.92 Å². The number of nitriles is 1. The lowest BCUT2D eigenvalue weighted by Gasteiger charge is -2.17. The molecule has 9 heteroatoms. The molecule has 180 valence electrons. The molecule has 4 aromatic rings. The van der Waals surface area contributed by atoms with E-state index in [2.05, 4.69) is 28.5 Å². The zero-order valence-corrected chi connectivity index (χ0v) is 20.1. The average molecular weight is 501 g/mol. The number of pyridine rings is 1. The van der Waals surface area contributed by atoms with Gasteiger partial charge in [-0.3, -0.25) is 15.1 Å². The van der Waals surface area contributed by atoms with Gasteiger partial charge in [0.15, 0.2) is 5.75 Å². The molecule has 5 rings (SSSR count). The van der Waals surface area contributed by atoms with Crippen LogP contribution in [-0.4, -0.2) is 16.5 Å². The predicted molar refractivity (Wildman–Crippen MR) is 137 cm³/mol. The second kappa shape index (κ2) is 9.72. The Morgan fingerprint density at radius 3 is 2.81 bits per heavy atom. The number of benzene rings is 3. The number of halogens is 1. The maximum atomic E-state index is 11.7. The molecule has 0 aliphatic heterocycles. The highest BCUT2D eigenvalue weighted by Crippen LogP contribution is 2.40. The Kier molecular flexibility index (Phi) is 6.32. The van der Waals surface area contributed by atoms with E-state index in [1.165, 1.54) is 29.5 Å². The standard InChI is InChI=1S/C27H21ClN4O4/c1-2-35-26-13-22-20(12-23(26)32(33)34)27(17(14-29)15-30-22)31-18-8-10-25(21(28)11-18)36-24-9-7-16-5-3-4-6-19(16)24/h3-6,8,10-13,15,24H,2,7,9H2,1H3,(H,30,31)/t24-/m0/s1. The van der Waals surface area contributed by atoms with E-state index in [-0.39, 0.29) is 29.7 Å². The molecule has 0 bridgehead atoms. The molecule has 0 unspecified atom stereocenters. The van der Waals surface area contributed by atoms with Crippen LogP contribution >= 0.6 is 11.6 Å². The molecule has 0 radical (unpaired) electrons. The minimum Gasteiger partial charge on any atom is -0.487 e. The number of hydrogen-bond donors (Lipinski definition) is 1. The van der Waals surface area contributed by atoms with Gasteiger partial charge in [0.25, 0.3) is 0 Å². The largest absolute Gasteiger partial charge is 0.487 e. The number of aromatic nitrogens is 1. The Morgan fingerprint density at radius 1 is 1.22 bits per heavy atom. The lowest BCUT2D eigenvalue weighted by molar-refractivity contribution is -0.385. The van der Waals surface area contributed by atoms with Crippen LogP contribution in [0.4, 0.5) is 17.1 Å². The number of nitro groups is 1. The van der Waals surface area contributed by atoms with Crippen LogP contribution in [0.2, 0.25) is 5.02 Å². The Morgan fingerprint density at radius 2 is 2.06 bits per heavy atom. The molecule has 0 saturated carbocycles. The summed E-state index contributed by atoms with van der Waals surface area (Å²) in [5.41, 5.74) is 3.93. The van der Waals surface area contributed by atoms with Crippen molar-refractivity contribution < 1.29 is 14.4 Å². The molecule has 0 amide bonds. The number of anilines is 2. The highest BCUT2D eigenvalue weighted by molar-refractivity contribution is 6.32. The van der Waals surface area contributed by atoms with Gasteiger partial charge in [-0.2, -0.15) is 5.26 Å². The number of nitrogens with one attached hydrogen (secondary N) is 1. The van der Waals surface area contributed by atoms with E-state index in [9.17, 15) is 15.4 Å². The summed E-state index contributed by atoms with van der Waals surface area (Å²) in [4.78, 5) is 15.4. The van der Waals surface area contributed by atoms with Gasteiger partial charge in [0.2, 0.25) is 0 Å². The molecule has 1 N–H and O–H groups in total. The van der Waals surface area contributed by atoms with Crippen LogP contribution in [0.5, 0.6) is 11.5 Å². The van der Waals surface area contributed by atoms with Crippen LogP contribution in [0.15, 0.2) is 60.8 Å². The maximum Gasteiger partial charge on any atom is 0.311 e. The van der Waals surface area contributed by atoms with Crippen molar-refractivity contribution in [2.45, 2.75) is 25.9 Å². The van der Waals surface area contributed by atoms with Crippen molar-refractivity contribution in [3.8, 4) is 17.6 Å². The molecule has 0 fully saturated rings. The van der Waals surface area contributed by atoms with Crippen molar-refractivity contribution in [2.24, 2.45) is 0 Å². The Bertz CT molecular complexity index is 1530. The predicted octanol–water partition coefficient (Wildman–Crippen LogP) is 6.88. The first-order chi connectivity index (χ1) is 17.5. The quantitative estimate of drug-likeness (QED) is 0.217. The van der Waals surface area contributed by atoms with Crippen molar-refractivity contribution in [3.63, 3.8) is 0 Å². The van der Waals surface area contributed by atoms with Crippen LogP contribution in [0, 0.1) is 21.4 Å². The number of nitrogens with zero attached hydrogens (tertiary/aromatic N) is 3. The molecule has 0 spiro atoms.